The zero-order valence-corrected chi connectivity index (χ0v) is 77.7. The Morgan fingerprint density at radius 3 is 1.13 bits per heavy atom. The van der Waals surface area contributed by atoms with Crippen LogP contribution in [-0.4, -0.2) is 100 Å². The topological polar surface area (TPSA) is 182 Å². The van der Waals surface area contributed by atoms with Crippen molar-refractivity contribution in [1.82, 2.24) is 0 Å². The highest BCUT2D eigenvalue weighted by atomic mass is 16.3. The summed E-state index contributed by atoms with van der Waals surface area (Å²) in [5.41, 5.74) is 18.6. The molecule has 0 aromatic carbocycles. The van der Waals surface area contributed by atoms with E-state index in [9.17, 15) is 46.0 Å². The highest BCUT2D eigenvalue weighted by molar-refractivity contribution is 5.38. The molecule has 0 bridgehead atoms. The van der Waals surface area contributed by atoms with Crippen molar-refractivity contribution in [2.45, 2.75) is 416 Å². The van der Waals surface area contributed by atoms with Gasteiger partial charge in [-0.2, -0.15) is 0 Å². The Morgan fingerprint density at radius 1 is 0.415 bits per heavy atom. The first kappa shape index (κ1) is 96.2. The molecule has 0 heterocycles. The monoisotopic (exact) mass is 1630 g/mol. The fourth-order valence-corrected chi connectivity index (χ4v) is 26.4. The fourth-order valence-electron chi connectivity index (χ4n) is 26.4. The Labute approximate surface area is 720 Å². The average Bonchev–Trinajstić information content (AvgIpc) is 1.61. The molecular weight excluding hydrogens is 1450 g/mol. The number of aliphatic hydroxyl groups excluding tert-OH is 8. The number of hydrogen-bond acceptors (Lipinski definition) is 9. The Kier molecular flexibility index (Phi) is 33.4. The molecule has 4 unspecified atom stereocenters. The molecule has 0 aliphatic heterocycles. The summed E-state index contributed by atoms with van der Waals surface area (Å²) in [6.07, 6.45) is 61.9. The van der Waals surface area contributed by atoms with E-state index < -0.39 is 48.8 Å². The van der Waals surface area contributed by atoms with Gasteiger partial charge in [0.15, 0.2) is 0 Å². The third kappa shape index (κ3) is 23.2. The van der Waals surface area contributed by atoms with Gasteiger partial charge in [0.1, 0.15) is 0 Å². The van der Waals surface area contributed by atoms with Crippen LogP contribution in [0.25, 0.3) is 0 Å². The summed E-state index contributed by atoms with van der Waals surface area (Å²) in [5.74, 6) is 7.88. The maximum Gasteiger partial charge on any atom is 0.0809 e. The van der Waals surface area contributed by atoms with E-state index in [-0.39, 0.29) is 5.60 Å². The minimum atomic E-state index is -0.612. The zero-order chi connectivity index (χ0) is 86.2. The minimum absolute atomic E-state index is 0.319. The highest BCUT2D eigenvalue weighted by Crippen LogP contribution is 2.64. The van der Waals surface area contributed by atoms with Gasteiger partial charge in [-0.25, -0.2) is 0 Å². The van der Waals surface area contributed by atoms with Crippen LogP contribution in [0.4, 0.5) is 0 Å². The van der Waals surface area contributed by atoms with Gasteiger partial charge in [-0.1, -0.05) is 279 Å². The largest absolute Gasteiger partial charge is 0.390 e. The predicted octanol–water partition coefficient (Wildman–Crippen LogP) is 25.5. The SMILES string of the molecule is C=C1[C@H](O)CC(=C/C=C2\CCC[C@@]3(C)C2CCC3[C@@H](C)CCCC2(O)CCCC2)C[C@H]1O.C=C1[C@H](O)CC(=C/C=C2\CCC[C@]3(C)/C(=C(\C)CCCC(C)(C)C)CC[C@@H]23)C[C@H]1O.C=C1[C@H](O)CC(=C/C=C2\CCC[C@]3(C)C([C@@H](C)CC)CC[C@@H]23)C[C@H]1O.C=C1[C@H](O)CC(=C/C=C2\CCC[C@]3(C)C([C@H](C)/C=C/[C@@H](C)C(C)(C)C)CC[C@@H]23)C[C@H]1O. The molecule has 662 valence electrons. The number of rotatable bonds is 17. The standard InChI is InChI=1S/C29H46O3.C29H46O2.C28H44O2.C23H36O2/c1-20(8-6-17-29(32)15-4-5-16-29)24-12-13-25-23(9-7-14-28(24,25)3)11-10-22-18-26(30)21(2)27(31)19-22;1-19(10-11-20(2)28(4,5)6)24-14-15-25-23(9-8-16-29(24,25)7)13-12-22-17-26(30)21(3)27(31)18-22;1-19(9-7-15-27(3,4)5)23-13-14-24-22(10-8-16-28(23,24)6)12-11-21-17-25(29)20(2)26(30)18-21;1-5-15(2)19-10-11-20-18(7-6-12-23(19,20)4)9-8-17-13-21(24)16(3)22(25)14-17/h10-11,20,24-27,30-32H,2,4-9,12-19H2,1,3H3;10-13,19-20,24-27,30-31H,3,8-9,14-18H2,1-2,4-7H3;11-12,24-26,29-30H,2,7-10,13-18H2,1,3-6H3;8-9,15,19-22,24-25H,3,5-7,10-14H2,1-2,4H3/b23-11+;11-10+,23-13+;22-12+,23-19+;18-9+/t20-,24?,25?,26+,27+,28+;19-,20-,24?,25+,26-,27-,29-;24-,25+,26+,28+;15-,19?,20-,21+,22+,23+/m0100/s1. The van der Waals surface area contributed by atoms with Crippen molar-refractivity contribution in [1.29, 1.82) is 0 Å². The maximum absolute atomic E-state index is 10.7. The highest BCUT2D eigenvalue weighted by Gasteiger charge is 2.54. The van der Waals surface area contributed by atoms with Crippen molar-refractivity contribution in [2.75, 3.05) is 0 Å². The van der Waals surface area contributed by atoms with E-state index in [1.165, 1.54) is 180 Å². The second-order valence-corrected chi connectivity index (χ2v) is 44.7. The Balaban J connectivity index is 0.000000166. The normalized spacial score (nSPS) is 38.5. The van der Waals surface area contributed by atoms with Crippen LogP contribution in [-0.2, 0) is 0 Å². The minimum Gasteiger partial charge on any atom is -0.390 e. The first-order valence-electron chi connectivity index (χ1n) is 48.4. The van der Waals surface area contributed by atoms with Gasteiger partial charge in [-0.05, 0) is 345 Å². The third-order valence-corrected chi connectivity index (χ3v) is 34.6. The van der Waals surface area contributed by atoms with Gasteiger partial charge in [0, 0.05) is 0 Å². The Hall–Kier alpha value is -4.00. The summed E-state index contributed by atoms with van der Waals surface area (Å²) in [6.45, 7) is 53.9. The van der Waals surface area contributed by atoms with Crippen LogP contribution in [0.15, 0.2) is 165 Å². The Morgan fingerprint density at radius 2 is 0.763 bits per heavy atom. The molecule has 0 amide bonds. The molecule has 13 aliphatic carbocycles. The molecule has 0 saturated heterocycles. The lowest BCUT2D eigenvalue weighted by Crippen LogP contribution is -2.36. The summed E-state index contributed by atoms with van der Waals surface area (Å²) >= 11 is 0. The van der Waals surface area contributed by atoms with E-state index in [2.05, 4.69) is 198 Å². The lowest BCUT2D eigenvalue weighted by Gasteiger charge is -2.44. The summed E-state index contributed by atoms with van der Waals surface area (Å²) < 4.78 is 0. The van der Waals surface area contributed by atoms with Gasteiger partial charge in [0.25, 0.3) is 0 Å². The smallest absolute Gasteiger partial charge is 0.0809 e. The van der Waals surface area contributed by atoms with Gasteiger partial charge in [-0.3, -0.25) is 0 Å². The molecule has 23 atom stereocenters. The van der Waals surface area contributed by atoms with Crippen molar-refractivity contribution < 1.29 is 46.0 Å². The van der Waals surface area contributed by atoms with E-state index in [0.29, 0.717) is 136 Å². The molecule has 13 aliphatic rings. The van der Waals surface area contributed by atoms with E-state index in [1.54, 1.807) is 33.4 Å². The summed E-state index contributed by atoms with van der Waals surface area (Å²) in [4.78, 5) is 0. The first-order valence-corrected chi connectivity index (χ1v) is 48.4. The second-order valence-electron chi connectivity index (χ2n) is 44.7. The molecule has 0 radical (unpaired) electrons. The molecule has 9 N–H and O–H groups in total. The van der Waals surface area contributed by atoms with E-state index in [0.717, 1.165) is 77.1 Å². The lowest BCUT2D eigenvalue weighted by atomic mass is 9.60. The summed E-state index contributed by atoms with van der Waals surface area (Å²) in [7, 11) is 0. The van der Waals surface area contributed by atoms with E-state index in [1.807, 2.05) is 0 Å². The van der Waals surface area contributed by atoms with Gasteiger partial charge in [0.2, 0.25) is 0 Å². The van der Waals surface area contributed by atoms with Crippen LogP contribution >= 0.6 is 0 Å². The van der Waals surface area contributed by atoms with Gasteiger partial charge in [0.05, 0.1) is 54.4 Å². The first-order chi connectivity index (χ1) is 55.5. The number of aliphatic hydroxyl groups is 9. The summed E-state index contributed by atoms with van der Waals surface area (Å²) in [6, 6.07) is 0. The van der Waals surface area contributed by atoms with Crippen LogP contribution < -0.4 is 0 Å². The van der Waals surface area contributed by atoms with Crippen molar-refractivity contribution >= 4 is 0 Å². The van der Waals surface area contributed by atoms with Crippen LogP contribution in [0, 0.1) is 97.6 Å². The second kappa shape index (κ2) is 41.0. The molecule has 9 nitrogen and oxygen atoms in total. The van der Waals surface area contributed by atoms with Crippen molar-refractivity contribution in [3.8, 4) is 0 Å². The van der Waals surface area contributed by atoms with Crippen LogP contribution in [0.3, 0.4) is 0 Å². The zero-order valence-electron chi connectivity index (χ0n) is 77.7. The summed E-state index contributed by atoms with van der Waals surface area (Å²) in [5, 5.41) is 91.7. The van der Waals surface area contributed by atoms with Gasteiger partial charge < -0.3 is 46.0 Å². The molecular formula is C109H172O9. The van der Waals surface area contributed by atoms with E-state index in [4.69, 9.17) is 0 Å². The van der Waals surface area contributed by atoms with Crippen LogP contribution in [0.5, 0.6) is 0 Å². The predicted molar refractivity (Wildman–Crippen MR) is 494 cm³/mol. The molecule has 13 saturated carbocycles. The van der Waals surface area contributed by atoms with Gasteiger partial charge in [-0.15, -0.1) is 0 Å². The molecule has 0 aromatic heterocycles. The van der Waals surface area contributed by atoms with Crippen molar-refractivity contribution in [3.05, 3.63) is 165 Å². The molecule has 13 fully saturated rings. The molecule has 118 heavy (non-hydrogen) atoms. The molecule has 0 spiro atoms. The average molecular weight is 1630 g/mol. The number of fused-ring (bicyclic) bond motifs is 4. The van der Waals surface area contributed by atoms with Crippen molar-refractivity contribution in [2.24, 2.45) is 97.6 Å². The fraction of sp³-hybridized carbons (Fsp3) is 0.743. The van der Waals surface area contributed by atoms with Crippen LogP contribution in [0.2, 0.25) is 0 Å². The maximum atomic E-state index is 10.7. The molecule has 0 aromatic rings. The molecule has 13 rings (SSSR count). The van der Waals surface area contributed by atoms with E-state index >= 15 is 0 Å². The number of hydrogen-bond donors (Lipinski definition) is 9. The number of allylic oxidation sites excluding steroid dienone is 16. The lowest BCUT2D eigenvalue weighted by molar-refractivity contribution is 0.0318. The molecule has 9 heteroatoms. The van der Waals surface area contributed by atoms with Crippen molar-refractivity contribution in [3.63, 3.8) is 0 Å². The van der Waals surface area contributed by atoms with Crippen LogP contribution in [0.1, 0.15) is 361 Å². The Bertz CT molecular complexity index is 3710. The van der Waals surface area contributed by atoms with Gasteiger partial charge >= 0.3 is 0 Å². The quantitative estimate of drug-likeness (QED) is 0.0640. The third-order valence-electron chi connectivity index (χ3n) is 34.6.